The van der Waals surface area contributed by atoms with E-state index in [4.69, 9.17) is 14.2 Å². The normalized spacial score (nSPS) is 12.3. The Bertz CT molecular complexity index is 369. The summed E-state index contributed by atoms with van der Waals surface area (Å²) in [5, 5.41) is 9.31. The fourth-order valence-electron chi connectivity index (χ4n) is 2.69. The van der Waals surface area contributed by atoms with Gasteiger partial charge in [0, 0.05) is 6.92 Å². The van der Waals surface area contributed by atoms with E-state index in [1.54, 1.807) is 0 Å². The molecule has 0 rings (SSSR count). The summed E-state index contributed by atoms with van der Waals surface area (Å²) in [5.41, 5.74) is 0. The van der Waals surface area contributed by atoms with Crippen LogP contribution >= 0.6 is 0 Å². The molecule has 0 heterocycles. The molecule has 0 radical (unpaired) electrons. The molecule has 0 spiro atoms. The van der Waals surface area contributed by atoms with Crippen LogP contribution in [0.5, 0.6) is 0 Å². The molecule has 2 atom stereocenters. The Morgan fingerprint density at radius 3 is 1.82 bits per heavy atom. The number of hydrogen-bond acceptors (Lipinski definition) is 6. The van der Waals surface area contributed by atoms with Crippen molar-refractivity contribution in [1.82, 2.24) is 0 Å². The van der Waals surface area contributed by atoms with Gasteiger partial charge in [-0.1, -0.05) is 52.4 Å². The third kappa shape index (κ3) is 21.6. The van der Waals surface area contributed by atoms with Crippen molar-refractivity contribution in [1.29, 1.82) is 0 Å². The molecule has 0 fully saturated rings. The summed E-state index contributed by atoms with van der Waals surface area (Å²) in [5.74, 6) is -0.837. The first-order valence-corrected chi connectivity index (χ1v) is 10.1. The predicted molar refractivity (Wildman–Crippen MR) is 115 cm³/mol. The molecule has 158 valence electrons. The number of aliphatic hydroxyl groups excluding tert-OH is 1. The van der Waals surface area contributed by atoms with Crippen molar-refractivity contribution in [3.05, 3.63) is 0 Å². The van der Waals surface area contributed by atoms with Crippen LogP contribution in [0.25, 0.3) is 0 Å². The SMILES string of the molecule is CCCCCCC(COCC(=O)OC(CO)CCCCCC)OC(C)=O.[NaH].[NaH]. The second-order valence-corrected chi connectivity index (χ2v) is 6.74. The van der Waals surface area contributed by atoms with Gasteiger partial charge >= 0.3 is 71.1 Å². The molecule has 0 aliphatic rings. The van der Waals surface area contributed by atoms with Gasteiger partial charge in [-0.3, -0.25) is 4.79 Å². The standard InChI is InChI=1S/C20H38O6.2Na.2H/c1-4-6-8-10-12-18(14-21)26-20(23)16-24-15-19(25-17(3)22)13-11-9-7-5-2;;;;/h18-19,21H,4-16H2,1-3H3;;;;. The first-order chi connectivity index (χ1) is 12.5. The van der Waals surface area contributed by atoms with Gasteiger partial charge in [-0.05, 0) is 25.7 Å². The van der Waals surface area contributed by atoms with Crippen LogP contribution in [0.3, 0.4) is 0 Å². The monoisotopic (exact) mass is 422 g/mol. The van der Waals surface area contributed by atoms with Crippen LogP contribution in [0.15, 0.2) is 0 Å². The van der Waals surface area contributed by atoms with Gasteiger partial charge in [0.2, 0.25) is 0 Å². The zero-order valence-electron chi connectivity index (χ0n) is 16.8. The number of carbonyl (C=O) groups is 2. The zero-order chi connectivity index (χ0) is 19.6. The number of esters is 2. The zero-order valence-corrected chi connectivity index (χ0v) is 16.8. The molecule has 0 aromatic rings. The second-order valence-electron chi connectivity index (χ2n) is 6.74. The van der Waals surface area contributed by atoms with E-state index < -0.39 is 12.1 Å². The van der Waals surface area contributed by atoms with Crippen molar-refractivity contribution in [2.75, 3.05) is 19.8 Å². The average Bonchev–Trinajstić information content (AvgIpc) is 2.60. The number of unbranched alkanes of at least 4 members (excludes halogenated alkanes) is 6. The molecule has 28 heavy (non-hydrogen) atoms. The Morgan fingerprint density at radius 1 is 0.821 bits per heavy atom. The quantitative estimate of drug-likeness (QED) is 0.220. The number of aliphatic hydroxyl groups is 1. The molecule has 6 nitrogen and oxygen atoms in total. The van der Waals surface area contributed by atoms with E-state index in [0.717, 1.165) is 57.8 Å². The van der Waals surface area contributed by atoms with E-state index in [1.807, 2.05) is 0 Å². The first kappa shape index (κ1) is 33.5. The van der Waals surface area contributed by atoms with Crippen LogP contribution < -0.4 is 0 Å². The Morgan fingerprint density at radius 2 is 1.36 bits per heavy atom. The van der Waals surface area contributed by atoms with Crippen LogP contribution in [-0.4, -0.2) is 108 Å². The Balaban J connectivity index is -0.00000312. The van der Waals surface area contributed by atoms with Crippen molar-refractivity contribution < 1.29 is 28.9 Å². The topological polar surface area (TPSA) is 82.1 Å². The summed E-state index contributed by atoms with van der Waals surface area (Å²) in [6.45, 7) is 5.46. The molecule has 0 amide bonds. The molecule has 0 saturated carbocycles. The van der Waals surface area contributed by atoms with Crippen molar-refractivity contribution >= 4 is 71.1 Å². The molecule has 0 aliphatic carbocycles. The van der Waals surface area contributed by atoms with Crippen LogP contribution in [0.1, 0.15) is 85.0 Å². The molecule has 8 heteroatoms. The van der Waals surface area contributed by atoms with E-state index in [9.17, 15) is 14.7 Å². The van der Waals surface area contributed by atoms with E-state index in [1.165, 1.54) is 6.92 Å². The van der Waals surface area contributed by atoms with Gasteiger partial charge in [-0.2, -0.15) is 0 Å². The number of rotatable bonds is 17. The Kier molecular flexibility index (Phi) is 28.9. The number of hydrogen-bond donors (Lipinski definition) is 1. The molecule has 0 saturated heterocycles. The molecular weight excluding hydrogens is 382 g/mol. The van der Waals surface area contributed by atoms with E-state index in [-0.39, 0.29) is 91.0 Å². The molecule has 0 bridgehead atoms. The van der Waals surface area contributed by atoms with Crippen LogP contribution in [0.4, 0.5) is 0 Å². The van der Waals surface area contributed by atoms with Crippen molar-refractivity contribution in [3.8, 4) is 0 Å². The van der Waals surface area contributed by atoms with Crippen molar-refractivity contribution in [3.63, 3.8) is 0 Å². The minimum atomic E-state index is -0.493. The molecule has 2 unspecified atom stereocenters. The minimum absolute atomic E-state index is 0. The maximum absolute atomic E-state index is 11.8. The number of carbonyl (C=O) groups excluding carboxylic acids is 2. The van der Waals surface area contributed by atoms with Gasteiger partial charge in [0.05, 0.1) is 13.2 Å². The van der Waals surface area contributed by atoms with E-state index in [2.05, 4.69) is 13.8 Å². The summed E-state index contributed by atoms with van der Waals surface area (Å²) in [7, 11) is 0. The van der Waals surface area contributed by atoms with Gasteiger partial charge in [0.1, 0.15) is 18.8 Å². The third-order valence-electron chi connectivity index (χ3n) is 4.12. The van der Waals surface area contributed by atoms with Gasteiger partial charge in [-0.15, -0.1) is 0 Å². The van der Waals surface area contributed by atoms with E-state index >= 15 is 0 Å². The van der Waals surface area contributed by atoms with Gasteiger partial charge in [-0.25, -0.2) is 4.79 Å². The van der Waals surface area contributed by atoms with Gasteiger partial charge < -0.3 is 19.3 Å². The fourth-order valence-corrected chi connectivity index (χ4v) is 2.69. The van der Waals surface area contributed by atoms with Crippen LogP contribution in [0.2, 0.25) is 0 Å². The van der Waals surface area contributed by atoms with Gasteiger partial charge in [0.25, 0.3) is 0 Å². The molecule has 0 aromatic heterocycles. The predicted octanol–water partition coefficient (Wildman–Crippen LogP) is 2.48. The average molecular weight is 423 g/mol. The Labute approximate surface area is 215 Å². The third-order valence-corrected chi connectivity index (χ3v) is 4.12. The van der Waals surface area contributed by atoms with Crippen LogP contribution in [0, 0.1) is 0 Å². The Hall–Kier alpha value is 0.860. The molecular formula is C20H40Na2O6. The summed E-state index contributed by atoms with van der Waals surface area (Å²) in [6.07, 6.45) is 9.22. The number of ether oxygens (including phenoxy) is 3. The molecule has 1 N–H and O–H groups in total. The summed E-state index contributed by atoms with van der Waals surface area (Å²) >= 11 is 0. The van der Waals surface area contributed by atoms with Gasteiger partial charge in [0.15, 0.2) is 0 Å². The second kappa shape index (κ2) is 24.1. The first-order valence-electron chi connectivity index (χ1n) is 10.1. The van der Waals surface area contributed by atoms with Crippen molar-refractivity contribution in [2.45, 2.75) is 97.2 Å². The molecule has 0 aliphatic heterocycles. The van der Waals surface area contributed by atoms with Crippen molar-refractivity contribution in [2.24, 2.45) is 0 Å². The summed E-state index contributed by atoms with van der Waals surface area (Å²) in [4.78, 5) is 23.0. The van der Waals surface area contributed by atoms with Crippen LogP contribution in [-0.2, 0) is 23.8 Å². The summed E-state index contributed by atoms with van der Waals surface area (Å²) < 4.78 is 15.8. The fraction of sp³-hybridized carbons (Fsp3) is 0.900. The molecule has 0 aromatic carbocycles. The van der Waals surface area contributed by atoms with E-state index in [0.29, 0.717) is 6.42 Å². The maximum atomic E-state index is 11.8. The summed E-state index contributed by atoms with van der Waals surface area (Å²) in [6, 6.07) is 0.